The normalized spacial score (nSPS) is 20.7. The van der Waals surface area contributed by atoms with Crippen LogP contribution in [-0.4, -0.2) is 33.8 Å². The van der Waals surface area contributed by atoms with Gasteiger partial charge in [0.1, 0.15) is 5.04 Å². The molecular formula is C15H12N4O3S. The average Bonchev–Trinajstić information content (AvgIpc) is 3.17. The van der Waals surface area contributed by atoms with Crippen molar-refractivity contribution in [3.63, 3.8) is 0 Å². The number of amidine groups is 2. The van der Waals surface area contributed by atoms with Gasteiger partial charge in [0, 0.05) is 0 Å². The van der Waals surface area contributed by atoms with Crippen LogP contribution in [0.1, 0.15) is 18.9 Å². The van der Waals surface area contributed by atoms with Crippen LogP contribution in [0.2, 0.25) is 0 Å². The monoisotopic (exact) mass is 328 g/mol. The minimum atomic E-state index is -0.432. The van der Waals surface area contributed by atoms with Crippen LogP contribution >= 0.6 is 11.8 Å². The first-order valence-electron chi connectivity index (χ1n) is 7.04. The summed E-state index contributed by atoms with van der Waals surface area (Å²) in [5, 5.41) is 15.3. The van der Waals surface area contributed by atoms with Gasteiger partial charge in [0.25, 0.3) is 5.91 Å². The minimum Gasteiger partial charge on any atom is -0.454 e. The number of nitrogens with one attached hydrogen (secondary N) is 1. The van der Waals surface area contributed by atoms with E-state index in [4.69, 9.17) is 14.9 Å². The molecule has 1 amide bonds. The number of amides is 1. The Kier molecular flexibility index (Phi) is 3.19. The van der Waals surface area contributed by atoms with Crippen LogP contribution in [0.3, 0.4) is 0 Å². The Morgan fingerprint density at radius 2 is 2.22 bits per heavy atom. The van der Waals surface area contributed by atoms with Gasteiger partial charge < -0.3 is 9.47 Å². The number of benzene rings is 1. The molecule has 8 heteroatoms. The van der Waals surface area contributed by atoms with Crippen molar-refractivity contribution in [2.24, 2.45) is 10.1 Å². The molecule has 23 heavy (non-hydrogen) atoms. The van der Waals surface area contributed by atoms with E-state index in [1.54, 1.807) is 24.3 Å². The molecule has 1 N–H and O–H groups in total. The molecule has 1 aromatic rings. The molecular weight excluding hydrogens is 316 g/mol. The summed E-state index contributed by atoms with van der Waals surface area (Å²) in [6, 6.07) is 5.35. The molecule has 0 radical (unpaired) electrons. The molecule has 0 unspecified atom stereocenters. The third-order valence-electron chi connectivity index (χ3n) is 3.51. The lowest BCUT2D eigenvalue weighted by atomic mass is 10.1. The molecule has 3 aliphatic rings. The Labute approximate surface area is 136 Å². The highest BCUT2D eigenvalue weighted by molar-refractivity contribution is 8.26. The number of thioether (sulfide) groups is 1. The van der Waals surface area contributed by atoms with Crippen molar-refractivity contribution in [2.45, 2.75) is 13.3 Å². The third kappa shape index (κ3) is 2.31. The fraction of sp³-hybridized carbons (Fsp3) is 0.200. The number of rotatable bonds is 2. The van der Waals surface area contributed by atoms with Gasteiger partial charge in [-0.05, 0) is 42.0 Å². The van der Waals surface area contributed by atoms with Gasteiger partial charge >= 0.3 is 0 Å². The van der Waals surface area contributed by atoms with Crippen LogP contribution in [0, 0.1) is 5.41 Å². The van der Waals surface area contributed by atoms with Crippen molar-refractivity contribution >= 4 is 39.8 Å². The number of nitrogens with zero attached hydrogens (tertiary/aromatic N) is 3. The first-order chi connectivity index (χ1) is 11.2. The molecule has 1 aromatic carbocycles. The molecule has 116 valence electrons. The molecule has 0 aliphatic carbocycles. The Bertz CT molecular complexity index is 828. The number of hydrogen-bond donors (Lipinski definition) is 1. The van der Waals surface area contributed by atoms with E-state index in [0.29, 0.717) is 16.7 Å². The maximum absolute atomic E-state index is 12.2. The summed E-state index contributed by atoms with van der Waals surface area (Å²) in [5.41, 5.74) is 0.946. The molecule has 0 bridgehead atoms. The highest BCUT2D eigenvalue weighted by Crippen LogP contribution is 2.34. The second-order valence-corrected chi connectivity index (χ2v) is 6.02. The van der Waals surface area contributed by atoms with E-state index < -0.39 is 5.91 Å². The molecule has 0 saturated heterocycles. The lowest BCUT2D eigenvalue weighted by molar-refractivity contribution is -0.114. The summed E-state index contributed by atoms with van der Waals surface area (Å²) in [6.07, 6.45) is 2.36. The van der Waals surface area contributed by atoms with Gasteiger partial charge in [0.2, 0.25) is 12.0 Å². The maximum Gasteiger partial charge on any atom is 0.283 e. The van der Waals surface area contributed by atoms with Crippen LogP contribution in [-0.2, 0) is 4.79 Å². The van der Waals surface area contributed by atoms with Gasteiger partial charge in [-0.3, -0.25) is 10.2 Å². The van der Waals surface area contributed by atoms with Crippen molar-refractivity contribution in [3.8, 4) is 11.5 Å². The molecule has 3 aliphatic heterocycles. The number of ether oxygens (including phenoxy) is 2. The van der Waals surface area contributed by atoms with Gasteiger partial charge in [0.15, 0.2) is 17.3 Å². The number of aliphatic imine (C=N–C) groups is 1. The van der Waals surface area contributed by atoms with E-state index >= 15 is 0 Å². The molecule has 4 rings (SSSR count). The molecule has 0 atom stereocenters. The number of carbonyl (C=O) groups excluding carboxylic acids is 1. The van der Waals surface area contributed by atoms with Crippen LogP contribution in [0.15, 0.2) is 33.9 Å². The average molecular weight is 328 g/mol. The molecule has 0 saturated carbocycles. The van der Waals surface area contributed by atoms with Gasteiger partial charge in [-0.1, -0.05) is 13.0 Å². The fourth-order valence-electron chi connectivity index (χ4n) is 2.34. The lowest BCUT2D eigenvalue weighted by Crippen LogP contribution is -2.35. The molecule has 0 aromatic heterocycles. The number of hydrazone groups is 1. The predicted octanol–water partition coefficient (Wildman–Crippen LogP) is 2.44. The van der Waals surface area contributed by atoms with E-state index in [0.717, 1.165) is 17.0 Å². The Morgan fingerprint density at radius 3 is 3.04 bits per heavy atom. The van der Waals surface area contributed by atoms with E-state index in [1.165, 1.54) is 16.8 Å². The van der Waals surface area contributed by atoms with Crippen molar-refractivity contribution in [1.82, 2.24) is 5.01 Å². The Hall–Kier alpha value is -2.61. The smallest absolute Gasteiger partial charge is 0.283 e. The van der Waals surface area contributed by atoms with Crippen molar-refractivity contribution in [2.75, 3.05) is 6.79 Å². The van der Waals surface area contributed by atoms with Gasteiger partial charge in [-0.15, -0.1) is 0 Å². The van der Waals surface area contributed by atoms with Gasteiger partial charge in [0.05, 0.1) is 5.57 Å². The summed E-state index contributed by atoms with van der Waals surface area (Å²) in [4.78, 5) is 16.3. The first kappa shape index (κ1) is 14.0. The minimum absolute atomic E-state index is 0.0358. The quantitative estimate of drug-likeness (QED) is 0.843. The summed E-state index contributed by atoms with van der Waals surface area (Å²) < 4.78 is 10.6. The van der Waals surface area contributed by atoms with Crippen molar-refractivity contribution in [3.05, 3.63) is 29.3 Å². The summed E-state index contributed by atoms with van der Waals surface area (Å²) >= 11 is 1.33. The molecule has 0 spiro atoms. The van der Waals surface area contributed by atoms with Gasteiger partial charge in [-0.25, -0.2) is 0 Å². The maximum atomic E-state index is 12.2. The topological polar surface area (TPSA) is 87.3 Å². The molecule has 7 nitrogen and oxygen atoms in total. The second-order valence-electron chi connectivity index (χ2n) is 4.98. The molecule has 0 fully saturated rings. The molecule has 3 heterocycles. The zero-order valence-corrected chi connectivity index (χ0v) is 13.0. The Morgan fingerprint density at radius 1 is 1.39 bits per heavy atom. The SMILES string of the molecule is CCC1=NN2C(=N)/C(=C\c3ccc4c(c3)OCO4)C(=O)N=C2S1. The highest BCUT2D eigenvalue weighted by atomic mass is 32.2. The predicted molar refractivity (Wildman–Crippen MR) is 87.9 cm³/mol. The number of carbonyl (C=O) groups is 1. The van der Waals surface area contributed by atoms with E-state index in [9.17, 15) is 4.79 Å². The first-order valence-corrected chi connectivity index (χ1v) is 7.86. The summed E-state index contributed by atoms with van der Waals surface area (Å²) in [7, 11) is 0. The fourth-order valence-corrected chi connectivity index (χ4v) is 3.17. The highest BCUT2D eigenvalue weighted by Gasteiger charge is 2.35. The lowest BCUT2D eigenvalue weighted by Gasteiger charge is -2.20. The van der Waals surface area contributed by atoms with Crippen LogP contribution in [0.4, 0.5) is 0 Å². The van der Waals surface area contributed by atoms with Crippen LogP contribution < -0.4 is 9.47 Å². The summed E-state index contributed by atoms with van der Waals surface area (Å²) in [5.74, 6) is 0.902. The number of fused-ring (bicyclic) bond motifs is 2. The van der Waals surface area contributed by atoms with Crippen molar-refractivity contribution < 1.29 is 14.3 Å². The largest absolute Gasteiger partial charge is 0.454 e. The van der Waals surface area contributed by atoms with Crippen LogP contribution in [0.5, 0.6) is 11.5 Å². The second kappa shape index (κ2) is 5.24. The third-order valence-corrected chi connectivity index (χ3v) is 4.56. The van der Waals surface area contributed by atoms with Gasteiger partial charge in [-0.2, -0.15) is 15.1 Å². The Balaban J connectivity index is 1.70. The van der Waals surface area contributed by atoms with Crippen molar-refractivity contribution in [1.29, 1.82) is 5.41 Å². The number of hydrogen-bond acceptors (Lipinski definition) is 6. The van der Waals surface area contributed by atoms with E-state index in [-0.39, 0.29) is 18.2 Å². The van der Waals surface area contributed by atoms with E-state index in [1.807, 2.05) is 6.92 Å². The zero-order chi connectivity index (χ0) is 16.0. The standard InChI is InChI=1S/C15H12N4O3S/c1-2-12-18-19-13(16)9(14(20)17-15(19)23-12)5-8-3-4-10-11(6-8)22-7-21-10/h3-6,16H,2,7H2,1H3/b9-5+,16-13?. The zero-order valence-electron chi connectivity index (χ0n) is 12.2. The van der Waals surface area contributed by atoms with Crippen LogP contribution in [0.25, 0.3) is 6.08 Å². The van der Waals surface area contributed by atoms with E-state index in [2.05, 4.69) is 10.1 Å². The summed E-state index contributed by atoms with van der Waals surface area (Å²) in [6.45, 7) is 2.16.